The van der Waals surface area contributed by atoms with E-state index in [9.17, 15) is 14.9 Å². The SMILES string of the molecule is CC(C)(C)OC(=O)N1CCC(CC#N)(n2cc(C(N)=O)c(Nc3cncc(Cl)c3)n2)CC1. The van der Waals surface area contributed by atoms with Gasteiger partial charge >= 0.3 is 6.09 Å². The molecule has 2 aromatic rings. The van der Waals surface area contributed by atoms with Crippen molar-refractivity contribution in [3.8, 4) is 6.07 Å². The van der Waals surface area contributed by atoms with Crippen LogP contribution in [-0.4, -0.2) is 50.4 Å². The summed E-state index contributed by atoms with van der Waals surface area (Å²) < 4.78 is 7.07. The first-order valence-corrected chi connectivity index (χ1v) is 10.5. The zero-order valence-electron chi connectivity index (χ0n) is 18.3. The van der Waals surface area contributed by atoms with Gasteiger partial charge in [-0.15, -0.1) is 0 Å². The molecule has 3 rings (SSSR count). The fraction of sp³-hybridized carbons (Fsp3) is 0.476. The second kappa shape index (κ2) is 9.04. The van der Waals surface area contributed by atoms with Crippen LogP contribution in [0.5, 0.6) is 0 Å². The zero-order chi connectivity index (χ0) is 23.5. The molecule has 1 saturated heterocycles. The molecule has 0 unspecified atom stereocenters. The summed E-state index contributed by atoms with van der Waals surface area (Å²) in [6.45, 7) is 6.22. The summed E-state index contributed by atoms with van der Waals surface area (Å²) in [7, 11) is 0. The Morgan fingerprint density at radius 3 is 2.59 bits per heavy atom. The number of anilines is 2. The molecule has 0 aliphatic carbocycles. The van der Waals surface area contributed by atoms with Crippen LogP contribution >= 0.6 is 11.6 Å². The summed E-state index contributed by atoms with van der Waals surface area (Å²) >= 11 is 5.98. The van der Waals surface area contributed by atoms with Crippen molar-refractivity contribution in [1.29, 1.82) is 5.26 Å². The van der Waals surface area contributed by atoms with E-state index in [-0.39, 0.29) is 17.8 Å². The average Bonchev–Trinajstić information content (AvgIpc) is 3.12. The van der Waals surface area contributed by atoms with Crippen molar-refractivity contribution in [2.75, 3.05) is 18.4 Å². The molecular weight excluding hydrogens is 434 g/mol. The minimum atomic E-state index is -0.691. The number of halogens is 1. The third kappa shape index (κ3) is 5.29. The van der Waals surface area contributed by atoms with Crippen molar-refractivity contribution in [3.05, 3.63) is 35.2 Å². The Hall–Kier alpha value is -3.32. The second-order valence-electron chi connectivity index (χ2n) is 8.74. The van der Waals surface area contributed by atoms with Gasteiger partial charge in [-0.3, -0.25) is 14.5 Å². The number of aromatic nitrogens is 3. The lowest BCUT2D eigenvalue weighted by Gasteiger charge is -2.40. The summed E-state index contributed by atoms with van der Waals surface area (Å²) in [4.78, 5) is 30.1. The third-order valence-electron chi connectivity index (χ3n) is 5.19. The van der Waals surface area contributed by atoms with Crippen LogP contribution in [0, 0.1) is 11.3 Å². The maximum atomic E-state index is 12.4. The number of nitrogens with two attached hydrogens (primary N) is 1. The molecular formula is C21H26ClN7O3. The lowest BCUT2D eigenvalue weighted by Crippen LogP contribution is -2.49. The van der Waals surface area contributed by atoms with Gasteiger partial charge in [-0.05, 0) is 39.7 Å². The lowest BCUT2D eigenvalue weighted by atomic mass is 9.85. The van der Waals surface area contributed by atoms with Crippen LogP contribution in [0.3, 0.4) is 0 Å². The van der Waals surface area contributed by atoms with Gasteiger partial charge in [-0.1, -0.05) is 11.6 Å². The predicted octanol–water partition coefficient (Wildman–Crippen LogP) is 3.41. The number of primary amides is 1. The van der Waals surface area contributed by atoms with Gasteiger partial charge in [0, 0.05) is 25.5 Å². The minimum absolute atomic E-state index is 0.160. The maximum Gasteiger partial charge on any atom is 0.410 e. The number of nitrogens with zero attached hydrogens (tertiary/aromatic N) is 5. The molecule has 3 N–H and O–H groups in total. The molecule has 11 heteroatoms. The van der Waals surface area contributed by atoms with Crippen molar-refractivity contribution in [2.45, 2.75) is 51.2 Å². The van der Waals surface area contributed by atoms with E-state index in [1.807, 2.05) is 20.8 Å². The van der Waals surface area contributed by atoms with E-state index in [2.05, 4.69) is 21.5 Å². The van der Waals surface area contributed by atoms with E-state index in [0.29, 0.717) is 36.6 Å². The van der Waals surface area contributed by atoms with E-state index in [1.165, 1.54) is 6.20 Å². The number of amides is 2. The van der Waals surface area contributed by atoms with Gasteiger partial charge < -0.3 is 20.7 Å². The molecule has 1 fully saturated rings. The van der Waals surface area contributed by atoms with E-state index in [1.54, 1.807) is 28.0 Å². The standard InChI is InChI=1S/C21H26ClN7O3/c1-20(2,3)32-19(31)28-8-5-21(4-7-23,6-9-28)29-13-16(17(24)30)18(27-29)26-15-10-14(22)11-25-12-15/h10-13H,4-6,8-9H2,1-3H3,(H2,24,30)(H,26,27). The molecule has 2 aromatic heterocycles. The molecule has 1 aliphatic heterocycles. The van der Waals surface area contributed by atoms with Gasteiger partial charge in [0.2, 0.25) is 0 Å². The van der Waals surface area contributed by atoms with Crippen LogP contribution in [0.25, 0.3) is 0 Å². The number of carbonyl (C=O) groups excluding carboxylic acids is 2. The average molecular weight is 460 g/mol. The Morgan fingerprint density at radius 1 is 1.34 bits per heavy atom. The number of ether oxygens (including phenoxy) is 1. The first-order chi connectivity index (χ1) is 15.0. The maximum absolute atomic E-state index is 12.4. The predicted molar refractivity (Wildman–Crippen MR) is 119 cm³/mol. The van der Waals surface area contributed by atoms with Gasteiger partial charge in [0.25, 0.3) is 5.91 Å². The first kappa shape index (κ1) is 23.3. The van der Waals surface area contributed by atoms with Gasteiger partial charge in [0.05, 0.1) is 34.9 Å². The van der Waals surface area contributed by atoms with Crippen molar-refractivity contribution in [3.63, 3.8) is 0 Å². The number of carbonyl (C=O) groups is 2. The molecule has 1 aliphatic rings. The number of nitrogens with one attached hydrogen (secondary N) is 1. The van der Waals surface area contributed by atoms with Crippen molar-refractivity contribution < 1.29 is 14.3 Å². The number of hydrogen-bond acceptors (Lipinski definition) is 7. The smallest absolute Gasteiger partial charge is 0.410 e. The Morgan fingerprint density at radius 2 is 2.03 bits per heavy atom. The molecule has 0 atom stereocenters. The zero-order valence-corrected chi connectivity index (χ0v) is 19.0. The third-order valence-corrected chi connectivity index (χ3v) is 5.39. The Balaban J connectivity index is 1.86. The monoisotopic (exact) mass is 459 g/mol. The van der Waals surface area contributed by atoms with E-state index >= 15 is 0 Å². The van der Waals surface area contributed by atoms with E-state index in [0.717, 1.165) is 0 Å². The van der Waals surface area contributed by atoms with Crippen LogP contribution in [0.2, 0.25) is 5.02 Å². The Bertz CT molecular complexity index is 1050. The lowest BCUT2D eigenvalue weighted by molar-refractivity contribution is 0.0105. The largest absolute Gasteiger partial charge is 0.444 e. The topological polar surface area (TPSA) is 139 Å². The molecule has 0 spiro atoms. The van der Waals surface area contributed by atoms with Crippen molar-refractivity contribution >= 4 is 35.1 Å². The van der Waals surface area contributed by atoms with E-state index < -0.39 is 23.1 Å². The fourth-order valence-electron chi connectivity index (χ4n) is 3.57. The molecule has 3 heterocycles. The molecule has 0 aromatic carbocycles. The van der Waals surface area contributed by atoms with Gasteiger partial charge in [-0.25, -0.2) is 4.79 Å². The molecule has 0 saturated carbocycles. The second-order valence-corrected chi connectivity index (χ2v) is 9.18. The van der Waals surface area contributed by atoms with Crippen molar-refractivity contribution in [2.24, 2.45) is 5.73 Å². The van der Waals surface area contributed by atoms with E-state index in [4.69, 9.17) is 22.1 Å². The van der Waals surface area contributed by atoms with Crippen LogP contribution in [0.1, 0.15) is 50.4 Å². The fourth-order valence-corrected chi connectivity index (χ4v) is 3.75. The van der Waals surface area contributed by atoms with Gasteiger partial charge in [0.1, 0.15) is 11.2 Å². The molecule has 170 valence electrons. The Labute approximate surface area is 191 Å². The highest BCUT2D eigenvalue weighted by Crippen LogP contribution is 2.35. The Kier molecular flexibility index (Phi) is 6.60. The number of pyridine rings is 1. The summed E-state index contributed by atoms with van der Waals surface area (Å²) in [6, 6.07) is 3.86. The van der Waals surface area contributed by atoms with Crippen molar-refractivity contribution in [1.82, 2.24) is 19.7 Å². The van der Waals surface area contributed by atoms with Crippen LogP contribution in [0.15, 0.2) is 24.7 Å². The number of likely N-dealkylation sites (tertiary alicyclic amines) is 1. The quantitative estimate of drug-likeness (QED) is 0.698. The normalized spacial score (nSPS) is 15.7. The summed E-state index contributed by atoms with van der Waals surface area (Å²) in [5, 5.41) is 17.5. The van der Waals surface area contributed by atoms with Crippen LogP contribution in [0.4, 0.5) is 16.3 Å². The summed E-state index contributed by atoms with van der Waals surface area (Å²) in [5.74, 6) is -0.416. The number of rotatable bonds is 5. The molecule has 32 heavy (non-hydrogen) atoms. The van der Waals surface area contributed by atoms with Gasteiger partial charge in [-0.2, -0.15) is 10.4 Å². The summed E-state index contributed by atoms with van der Waals surface area (Å²) in [6.07, 6.45) is 5.28. The number of nitriles is 1. The first-order valence-electron chi connectivity index (χ1n) is 10.2. The van der Waals surface area contributed by atoms with Gasteiger partial charge in [0.15, 0.2) is 5.82 Å². The highest BCUT2D eigenvalue weighted by molar-refractivity contribution is 6.30. The van der Waals surface area contributed by atoms with Crippen LogP contribution < -0.4 is 11.1 Å². The summed E-state index contributed by atoms with van der Waals surface area (Å²) in [5.41, 5.74) is 5.01. The molecule has 0 radical (unpaired) electrons. The minimum Gasteiger partial charge on any atom is -0.444 e. The highest BCUT2D eigenvalue weighted by atomic mass is 35.5. The highest BCUT2D eigenvalue weighted by Gasteiger charge is 2.40. The number of piperidine rings is 1. The molecule has 2 amide bonds. The molecule has 10 nitrogen and oxygen atoms in total. The molecule has 0 bridgehead atoms. The number of hydrogen-bond donors (Lipinski definition) is 2. The van der Waals surface area contributed by atoms with Crippen LogP contribution in [-0.2, 0) is 10.3 Å².